The van der Waals surface area contributed by atoms with Gasteiger partial charge < -0.3 is 4.74 Å². The third kappa shape index (κ3) is 3.51. The van der Waals surface area contributed by atoms with Crippen LogP contribution in [0.4, 0.5) is 0 Å². The zero-order chi connectivity index (χ0) is 12.0. The van der Waals surface area contributed by atoms with E-state index in [0.29, 0.717) is 5.92 Å². The highest BCUT2D eigenvalue weighted by atomic mass is 16.5. The minimum atomic E-state index is 0.171. The van der Waals surface area contributed by atoms with Crippen LogP contribution in [0.25, 0.3) is 0 Å². The molecule has 1 atom stereocenters. The van der Waals surface area contributed by atoms with Crippen molar-refractivity contribution in [2.45, 2.75) is 33.2 Å². The van der Waals surface area contributed by atoms with Crippen molar-refractivity contribution in [1.29, 1.82) is 0 Å². The summed E-state index contributed by atoms with van der Waals surface area (Å²) in [5, 5.41) is 0. The molecule has 0 spiro atoms. The summed E-state index contributed by atoms with van der Waals surface area (Å²) in [6, 6.07) is 8.29. The predicted octanol–water partition coefficient (Wildman–Crippen LogP) is 2.64. The van der Waals surface area contributed by atoms with E-state index in [0.717, 1.165) is 18.8 Å². The molecule has 0 radical (unpaired) electrons. The topological polar surface area (TPSA) is 47.3 Å². The van der Waals surface area contributed by atoms with Crippen LogP contribution >= 0.6 is 0 Å². The average molecular weight is 222 g/mol. The molecule has 0 bridgehead atoms. The fourth-order valence-electron chi connectivity index (χ4n) is 1.69. The highest BCUT2D eigenvalue weighted by Gasteiger charge is 2.14. The number of nitrogens with one attached hydrogen (secondary N) is 1. The third-order valence-corrected chi connectivity index (χ3v) is 2.54. The van der Waals surface area contributed by atoms with Crippen LogP contribution in [0.1, 0.15) is 38.8 Å². The molecule has 1 aromatic carbocycles. The van der Waals surface area contributed by atoms with Crippen LogP contribution in [0, 0.1) is 5.92 Å². The SMILES string of the molecule is CCCOc1cccc(C(NN)C(C)C)c1. The van der Waals surface area contributed by atoms with Crippen LogP contribution in [-0.2, 0) is 0 Å². The second-order valence-electron chi connectivity index (χ2n) is 4.31. The molecule has 0 amide bonds. The largest absolute Gasteiger partial charge is 0.494 e. The van der Waals surface area contributed by atoms with Crippen molar-refractivity contribution in [3.05, 3.63) is 29.8 Å². The Balaban J connectivity index is 2.79. The van der Waals surface area contributed by atoms with Gasteiger partial charge >= 0.3 is 0 Å². The molecule has 16 heavy (non-hydrogen) atoms. The Bertz CT molecular complexity index is 313. The average Bonchev–Trinajstić information content (AvgIpc) is 2.27. The van der Waals surface area contributed by atoms with E-state index < -0.39 is 0 Å². The summed E-state index contributed by atoms with van der Waals surface area (Å²) < 4.78 is 5.60. The van der Waals surface area contributed by atoms with Crippen molar-refractivity contribution in [3.63, 3.8) is 0 Å². The summed E-state index contributed by atoms with van der Waals surface area (Å²) in [6.07, 6.45) is 1.02. The van der Waals surface area contributed by atoms with Gasteiger partial charge in [-0.3, -0.25) is 11.3 Å². The van der Waals surface area contributed by atoms with Gasteiger partial charge in [0.05, 0.1) is 6.61 Å². The summed E-state index contributed by atoms with van der Waals surface area (Å²) in [7, 11) is 0. The van der Waals surface area contributed by atoms with Gasteiger partial charge in [-0.15, -0.1) is 0 Å². The maximum absolute atomic E-state index is 5.60. The van der Waals surface area contributed by atoms with Gasteiger partial charge in [-0.25, -0.2) is 0 Å². The molecule has 0 aliphatic heterocycles. The van der Waals surface area contributed by atoms with E-state index in [2.05, 4.69) is 38.3 Å². The molecule has 3 heteroatoms. The lowest BCUT2D eigenvalue weighted by Crippen LogP contribution is -2.31. The molecule has 0 aliphatic rings. The van der Waals surface area contributed by atoms with E-state index in [1.807, 2.05) is 12.1 Å². The van der Waals surface area contributed by atoms with Gasteiger partial charge in [-0.05, 0) is 30.0 Å². The standard InChI is InChI=1S/C13H22N2O/c1-4-8-16-12-7-5-6-11(9-12)13(15-14)10(2)3/h5-7,9-10,13,15H,4,8,14H2,1-3H3. The number of hydrogen-bond acceptors (Lipinski definition) is 3. The Kier molecular flexibility index (Phi) is 5.29. The zero-order valence-electron chi connectivity index (χ0n) is 10.4. The van der Waals surface area contributed by atoms with Crippen LogP contribution < -0.4 is 16.0 Å². The monoisotopic (exact) mass is 222 g/mol. The lowest BCUT2D eigenvalue weighted by Gasteiger charge is -2.20. The van der Waals surface area contributed by atoms with Crippen LogP contribution in [0.2, 0.25) is 0 Å². The first kappa shape index (κ1) is 13.0. The Morgan fingerprint density at radius 2 is 2.12 bits per heavy atom. The number of ether oxygens (including phenoxy) is 1. The molecule has 3 nitrogen and oxygen atoms in total. The maximum atomic E-state index is 5.60. The summed E-state index contributed by atoms with van der Waals surface area (Å²) in [6.45, 7) is 7.14. The fraction of sp³-hybridized carbons (Fsp3) is 0.538. The summed E-state index contributed by atoms with van der Waals surface area (Å²) >= 11 is 0. The second kappa shape index (κ2) is 6.51. The van der Waals surface area contributed by atoms with Gasteiger partial charge in [0.1, 0.15) is 5.75 Å². The van der Waals surface area contributed by atoms with Crippen molar-refractivity contribution in [2.24, 2.45) is 11.8 Å². The van der Waals surface area contributed by atoms with E-state index >= 15 is 0 Å². The molecule has 0 aromatic heterocycles. The number of hydrogen-bond donors (Lipinski definition) is 2. The van der Waals surface area contributed by atoms with Crippen LogP contribution in [0.5, 0.6) is 5.75 Å². The minimum absolute atomic E-state index is 0.171. The second-order valence-corrected chi connectivity index (χ2v) is 4.31. The molecule has 0 fully saturated rings. The first-order chi connectivity index (χ1) is 7.69. The van der Waals surface area contributed by atoms with Gasteiger partial charge in [0.25, 0.3) is 0 Å². The van der Waals surface area contributed by atoms with Gasteiger partial charge in [-0.1, -0.05) is 32.9 Å². The van der Waals surface area contributed by atoms with Crippen LogP contribution in [0.15, 0.2) is 24.3 Å². The maximum Gasteiger partial charge on any atom is 0.119 e. The lowest BCUT2D eigenvalue weighted by molar-refractivity contribution is 0.316. The van der Waals surface area contributed by atoms with E-state index in [4.69, 9.17) is 10.6 Å². The van der Waals surface area contributed by atoms with Gasteiger partial charge in [0, 0.05) is 6.04 Å². The van der Waals surface area contributed by atoms with Gasteiger partial charge in [-0.2, -0.15) is 0 Å². The highest BCUT2D eigenvalue weighted by molar-refractivity contribution is 5.30. The van der Waals surface area contributed by atoms with Crippen molar-refractivity contribution in [2.75, 3.05) is 6.61 Å². The quantitative estimate of drug-likeness (QED) is 0.574. The molecule has 1 aromatic rings. The van der Waals surface area contributed by atoms with Crippen molar-refractivity contribution < 1.29 is 4.74 Å². The third-order valence-electron chi connectivity index (χ3n) is 2.54. The van der Waals surface area contributed by atoms with Crippen molar-refractivity contribution in [3.8, 4) is 5.75 Å². The number of rotatable bonds is 6. The Morgan fingerprint density at radius 3 is 2.69 bits per heavy atom. The van der Waals surface area contributed by atoms with Crippen LogP contribution in [0.3, 0.4) is 0 Å². The van der Waals surface area contributed by atoms with Gasteiger partial charge in [0.15, 0.2) is 0 Å². The minimum Gasteiger partial charge on any atom is -0.494 e. The number of nitrogens with two attached hydrogens (primary N) is 1. The summed E-state index contributed by atoms with van der Waals surface area (Å²) in [4.78, 5) is 0. The molecule has 3 N–H and O–H groups in total. The zero-order valence-corrected chi connectivity index (χ0v) is 10.4. The number of benzene rings is 1. The summed E-state index contributed by atoms with van der Waals surface area (Å²) in [5.41, 5.74) is 4.02. The van der Waals surface area contributed by atoms with E-state index in [1.165, 1.54) is 5.56 Å². The molecule has 0 heterocycles. The predicted molar refractivity (Wildman–Crippen MR) is 67.1 cm³/mol. The normalized spacial score (nSPS) is 12.8. The fourth-order valence-corrected chi connectivity index (χ4v) is 1.69. The van der Waals surface area contributed by atoms with Crippen molar-refractivity contribution >= 4 is 0 Å². The molecule has 1 rings (SSSR count). The highest BCUT2D eigenvalue weighted by Crippen LogP contribution is 2.24. The molecule has 1 unspecified atom stereocenters. The Hall–Kier alpha value is -1.06. The summed E-state index contributed by atoms with van der Waals surface area (Å²) in [5.74, 6) is 6.93. The lowest BCUT2D eigenvalue weighted by atomic mass is 9.97. The first-order valence-electron chi connectivity index (χ1n) is 5.88. The first-order valence-corrected chi connectivity index (χ1v) is 5.88. The molecular weight excluding hydrogens is 200 g/mol. The molecule has 0 saturated carbocycles. The smallest absolute Gasteiger partial charge is 0.119 e. The number of hydrazine groups is 1. The molecule has 90 valence electrons. The molecule has 0 saturated heterocycles. The van der Waals surface area contributed by atoms with Crippen LogP contribution in [-0.4, -0.2) is 6.61 Å². The van der Waals surface area contributed by atoms with E-state index in [-0.39, 0.29) is 6.04 Å². The molecule has 0 aliphatic carbocycles. The van der Waals surface area contributed by atoms with E-state index in [9.17, 15) is 0 Å². The van der Waals surface area contributed by atoms with Gasteiger partial charge in [0.2, 0.25) is 0 Å². The Labute approximate surface area is 98.0 Å². The Morgan fingerprint density at radius 1 is 1.38 bits per heavy atom. The molecular formula is C13H22N2O. The van der Waals surface area contributed by atoms with E-state index in [1.54, 1.807) is 0 Å². The van der Waals surface area contributed by atoms with Crippen molar-refractivity contribution in [1.82, 2.24) is 5.43 Å².